The van der Waals surface area contributed by atoms with Crippen LogP contribution < -0.4 is 4.72 Å². The number of benzene rings is 1. The van der Waals surface area contributed by atoms with Gasteiger partial charge < -0.3 is 0 Å². The summed E-state index contributed by atoms with van der Waals surface area (Å²) < 4.78 is 27.2. The molecule has 0 spiro atoms. The lowest BCUT2D eigenvalue weighted by Crippen LogP contribution is -2.14. The number of sulfonamides is 1. The number of anilines is 1. The zero-order chi connectivity index (χ0) is 14.0. The van der Waals surface area contributed by atoms with Crippen LogP contribution in [0.2, 0.25) is 0 Å². The highest BCUT2D eigenvalue weighted by Gasteiger charge is 2.18. The molecule has 0 aliphatic rings. The van der Waals surface area contributed by atoms with Crippen molar-refractivity contribution in [3.05, 3.63) is 55.1 Å². The summed E-state index contributed by atoms with van der Waals surface area (Å²) in [5.74, 6) is 0.167. The summed E-state index contributed by atoms with van der Waals surface area (Å²) in [5, 5.41) is 0.759. The maximum atomic E-state index is 12.4. The van der Waals surface area contributed by atoms with Gasteiger partial charge in [-0.3, -0.25) is 14.7 Å². The zero-order valence-electron chi connectivity index (χ0n) is 10.3. The number of nitrogens with zero attached hydrogens (tertiary/aromatic N) is 3. The number of para-hydroxylation sites is 1. The molecule has 0 aliphatic heterocycles. The van der Waals surface area contributed by atoms with Gasteiger partial charge in [0, 0.05) is 24.0 Å². The van der Waals surface area contributed by atoms with E-state index in [2.05, 4.69) is 19.7 Å². The Balaban J connectivity index is 2.10. The maximum absolute atomic E-state index is 12.4. The Hall–Kier alpha value is -2.54. The van der Waals surface area contributed by atoms with E-state index in [-0.39, 0.29) is 10.7 Å². The minimum absolute atomic E-state index is 0.112. The second kappa shape index (κ2) is 4.86. The second-order valence-corrected chi connectivity index (χ2v) is 5.68. The highest BCUT2D eigenvalue weighted by atomic mass is 32.2. The van der Waals surface area contributed by atoms with Gasteiger partial charge in [-0.15, -0.1) is 0 Å². The third-order valence-corrected chi connectivity index (χ3v) is 4.07. The van der Waals surface area contributed by atoms with Gasteiger partial charge in [-0.1, -0.05) is 18.2 Å². The average Bonchev–Trinajstić information content (AvgIpc) is 2.47. The van der Waals surface area contributed by atoms with E-state index in [0.717, 1.165) is 5.39 Å². The lowest BCUT2D eigenvalue weighted by Gasteiger charge is -2.08. The molecule has 0 aliphatic carbocycles. The van der Waals surface area contributed by atoms with Gasteiger partial charge in [0.05, 0.1) is 11.7 Å². The van der Waals surface area contributed by atoms with Gasteiger partial charge in [0.1, 0.15) is 4.90 Å². The summed E-state index contributed by atoms with van der Waals surface area (Å²) >= 11 is 0. The molecular formula is C13H10N4O2S. The van der Waals surface area contributed by atoms with Crippen LogP contribution >= 0.6 is 0 Å². The molecule has 0 fully saturated rings. The Morgan fingerprint density at radius 2 is 1.80 bits per heavy atom. The Kier molecular flexibility index (Phi) is 3.03. The fourth-order valence-corrected chi connectivity index (χ4v) is 3.01. The van der Waals surface area contributed by atoms with E-state index >= 15 is 0 Å². The first-order chi connectivity index (χ1) is 9.67. The molecule has 6 nitrogen and oxygen atoms in total. The number of nitrogens with one attached hydrogen (secondary N) is 1. The minimum atomic E-state index is -3.75. The van der Waals surface area contributed by atoms with Crippen molar-refractivity contribution in [3.8, 4) is 0 Å². The molecule has 20 heavy (non-hydrogen) atoms. The van der Waals surface area contributed by atoms with E-state index in [9.17, 15) is 8.42 Å². The molecule has 7 heteroatoms. The molecule has 100 valence electrons. The standard InChI is InChI=1S/C13H10N4O2S/c18-20(19,17-12-9-14-7-8-15-12)11-5-1-3-10-4-2-6-16-13(10)11/h1-9H,(H,15,17). The van der Waals surface area contributed by atoms with Crippen LogP contribution in [-0.4, -0.2) is 23.4 Å². The Labute approximate surface area is 115 Å². The second-order valence-electron chi connectivity index (χ2n) is 4.03. The molecule has 0 radical (unpaired) electrons. The predicted octanol–water partition coefficient (Wildman–Crippen LogP) is 1.83. The topological polar surface area (TPSA) is 84.8 Å². The monoisotopic (exact) mass is 286 g/mol. The quantitative estimate of drug-likeness (QED) is 0.794. The fourth-order valence-electron chi connectivity index (χ4n) is 1.84. The van der Waals surface area contributed by atoms with Crippen molar-refractivity contribution in [2.75, 3.05) is 4.72 Å². The number of rotatable bonds is 3. The lowest BCUT2D eigenvalue weighted by molar-refractivity contribution is 0.601. The van der Waals surface area contributed by atoms with Gasteiger partial charge in [-0.2, -0.15) is 0 Å². The Morgan fingerprint density at radius 1 is 0.950 bits per heavy atom. The number of pyridine rings is 1. The fraction of sp³-hybridized carbons (Fsp3) is 0. The van der Waals surface area contributed by atoms with E-state index in [4.69, 9.17) is 0 Å². The molecule has 1 aromatic carbocycles. The molecule has 0 saturated heterocycles. The molecular weight excluding hydrogens is 276 g/mol. The summed E-state index contributed by atoms with van der Waals surface area (Å²) in [7, 11) is -3.75. The molecule has 3 rings (SSSR count). The Morgan fingerprint density at radius 3 is 2.60 bits per heavy atom. The molecule has 2 aromatic heterocycles. The van der Waals surface area contributed by atoms with Crippen molar-refractivity contribution in [2.45, 2.75) is 4.90 Å². The minimum Gasteiger partial charge on any atom is -0.262 e. The summed E-state index contributed by atoms with van der Waals surface area (Å²) in [6.45, 7) is 0. The van der Waals surface area contributed by atoms with Crippen molar-refractivity contribution in [1.82, 2.24) is 15.0 Å². The van der Waals surface area contributed by atoms with Crippen LogP contribution in [-0.2, 0) is 10.0 Å². The number of hydrogen-bond donors (Lipinski definition) is 1. The van der Waals surface area contributed by atoms with Crippen LogP contribution in [0.3, 0.4) is 0 Å². The Bertz CT molecular complexity index is 845. The van der Waals surface area contributed by atoms with Gasteiger partial charge in [0.2, 0.25) is 0 Å². The first-order valence-electron chi connectivity index (χ1n) is 5.79. The van der Waals surface area contributed by atoms with Gasteiger partial charge in [-0.25, -0.2) is 13.4 Å². The first-order valence-corrected chi connectivity index (χ1v) is 7.28. The third kappa shape index (κ3) is 2.30. The van der Waals surface area contributed by atoms with Crippen LogP contribution in [0.15, 0.2) is 60.0 Å². The van der Waals surface area contributed by atoms with E-state index in [0.29, 0.717) is 5.52 Å². The number of fused-ring (bicyclic) bond motifs is 1. The number of hydrogen-bond acceptors (Lipinski definition) is 5. The van der Waals surface area contributed by atoms with Crippen molar-refractivity contribution < 1.29 is 8.42 Å². The molecule has 2 heterocycles. The highest BCUT2D eigenvalue weighted by molar-refractivity contribution is 7.93. The summed E-state index contributed by atoms with van der Waals surface area (Å²) in [6, 6.07) is 8.56. The first kappa shape index (κ1) is 12.5. The van der Waals surface area contributed by atoms with E-state index in [1.165, 1.54) is 24.7 Å². The normalized spacial score (nSPS) is 11.4. The summed E-state index contributed by atoms with van der Waals surface area (Å²) in [5.41, 5.74) is 0.423. The molecule has 0 saturated carbocycles. The molecule has 0 unspecified atom stereocenters. The van der Waals surface area contributed by atoms with Gasteiger partial charge >= 0.3 is 0 Å². The van der Waals surface area contributed by atoms with Crippen molar-refractivity contribution in [2.24, 2.45) is 0 Å². The highest BCUT2D eigenvalue weighted by Crippen LogP contribution is 2.22. The molecule has 3 aromatic rings. The van der Waals surface area contributed by atoms with Crippen molar-refractivity contribution >= 4 is 26.7 Å². The van der Waals surface area contributed by atoms with Crippen LogP contribution in [0.1, 0.15) is 0 Å². The van der Waals surface area contributed by atoms with E-state index in [1.807, 2.05) is 12.1 Å². The third-order valence-electron chi connectivity index (χ3n) is 2.69. The van der Waals surface area contributed by atoms with Crippen LogP contribution in [0.4, 0.5) is 5.82 Å². The summed E-state index contributed by atoms with van der Waals surface area (Å²) in [6.07, 6.45) is 5.79. The average molecular weight is 286 g/mol. The van der Waals surface area contributed by atoms with Gasteiger partial charge in [0.15, 0.2) is 5.82 Å². The molecule has 0 bridgehead atoms. The van der Waals surface area contributed by atoms with Crippen LogP contribution in [0.25, 0.3) is 10.9 Å². The largest absolute Gasteiger partial charge is 0.265 e. The predicted molar refractivity (Wildman–Crippen MR) is 74.6 cm³/mol. The maximum Gasteiger partial charge on any atom is 0.265 e. The van der Waals surface area contributed by atoms with Crippen LogP contribution in [0.5, 0.6) is 0 Å². The molecule has 1 N–H and O–H groups in total. The number of aromatic nitrogens is 3. The van der Waals surface area contributed by atoms with E-state index < -0.39 is 10.0 Å². The zero-order valence-corrected chi connectivity index (χ0v) is 11.1. The SMILES string of the molecule is O=S(=O)(Nc1cnccn1)c1cccc2cccnc12. The van der Waals surface area contributed by atoms with Gasteiger partial charge in [-0.05, 0) is 12.1 Å². The van der Waals surface area contributed by atoms with Gasteiger partial charge in [0.25, 0.3) is 10.0 Å². The molecule has 0 atom stereocenters. The molecule has 0 amide bonds. The summed E-state index contributed by atoms with van der Waals surface area (Å²) in [4.78, 5) is 12.0. The smallest absolute Gasteiger partial charge is 0.262 e. The van der Waals surface area contributed by atoms with Crippen molar-refractivity contribution in [1.29, 1.82) is 0 Å². The van der Waals surface area contributed by atoms with Crippen LogP contribution in [0, 0.1) is 0 Å². The van der Waals surface area contributed by atoms with E-state index in [1.54, 1.807) is 18.3 Å². The lowest BCUT2D eigenvalue weighted by atomic mass is 10.2. The van der Waals surface area contributed by atoms with Crippen molar-refractivity contribution in [3.63, 3.8) is 0 Å².